The van der Waals surface area contributed by atoms with Gasteiger partial charge in [-0.05, 0) is 25.7 Å². The molecule has 2 unspecified atom stereocenters. The summed E-state index contributed by atoms with van der Waals surface area (Å²) in [5, 5.41) is 16.4. The van der Waals surface area contributed by atoms with E-state index in [2.05, 4.69) is 27.5 Å². The molecule has 1 heterocycles. The van der Waals surface area contributed by atoms with Crippen LogP contribution in [-0.4, -0.2) is 33.8 Å². The summed E-state index contributed by atoms with van der Waals surface area (Å²) in [4.78, 5) is 8.42. The van der Waals surface area contributed by atoms with Gasteiger partial charge in [-0.25, -0.2) is 9.97 Å². The van der Waals surface area contributed by atoms with Crippen molar-refractivity contribution in [2.45, 2.75) is 45.1 Å². The Bertz CT molecular complexity index is 412. The number of aromatic nitrogens is 2. The minimum absolute atomic E-state index is 0.151. The number of nitrogens with zero attached hydrogens (tertiary/aromatic N) is 2. The normalized spacial score (nSPS) is 27.0. The van der Waals surface area contributed by atoms with Crippen molar-refractivity contribution in [3.05, 3.63) is 12.4 Å². The summed E-state index contributed by atoms with van der Waals surface area (Å²) in [7, 11) is 0. The van der Waals surface area contributed by atoms with E-state index in [1.54, 1.807) is 6.33 Å². The highest BCUT2D eigenvalue weighted by molar-refractivity contribution is 5.48. The third-order valence-corrected chi connectivity index (χ3v) is 3.81. The van der Waals surface area contributed by atoms with Crippen LogP contribution in [-0.2, 0) is 0 Å². The monoisotopic (exact) mass is 264 g/mol. The van der Waals surface area contributed by atoms with E-state index in [9.17, 15) is 5.11 Å². The first-order valence-electron chi connectivity index (χ1n) is 7.12. The molecular weight excluding hydrogens is 240 g/mol. The highest BCUT2D eigenvalue weighted by atomic mass is 16.3. The van der Waals surface area contributed by atoms with Gasteiger partial charge in [0.15, 0.2) is 0 Å². The van der Waals surface area contributed by atoms with Crippen LogP contribution in [0, 0.1) is 5.92 Å². The first-order chi connectivity index (χ1) is 9.17. The summed E-state index contributed by atoms with van der Waals surface area (Å²) in [5.41, 5.74) is -0.227. The average molecular weight is 264 g/mol. The zero-order chi connectivity index (χ0) is 13.7. The number of anilines is 2. The summed E-state index contributed by atoms with van der Waals surface area (Å²) in [6, 6.07) is 1.90. The van der Waals surface area contributed by atoms with Crippen molar-refractivity contribution in [1.82, 2.24) is 9.97 Å². The van der Waals surface area contributed by atoms with Crippen molar-refractivity contribution in [3.8, 4) is 0 Å². The van der Waals surface area contributed by atoms with Crippen molar-refractivity contribution in [2.75, 3.05) is 23.8 Å². The quantitative estimate of drug-likeness (QED) is 0.761. The molecule has 1 aliphatic rings. The van der Waals surface area contributed by atoms with Crippen molar-refractivity contribution in [1.29, 1.82) is 0 Å². The van der Waals surface area contributed by atoms with E-state index in [4.69, 9.17) is 0 Å². The van der Waals surface area contributed by atoms with Crippen LogP contribution >= 0.6 is 0 Å². The van der Waals surface area contributed by atoms with E-state index in [0.29, 0.717) is 5.92 Å². The number of hydrogen-bond donors (Lipinski definition) is 3. The summed E-state index contributed by atoms with van der Waals surface area (Å²) in [6.45, 7) is 5.26. The van der Waals surface area contributed by atoms with Crippen molar-refractivity contribution < 1.29 is 5.11 Å². The summed E-state index contributed by atoms with van der Waals surface area (Å²) < 4.78 is 0. The molecule has 0 aromatic carbocycles. The van der Waals surface area contributed by atoms with Crippen LogP contribution in [0.1, 0.15) is 39.5 Å². The Morgan fingerprint density at radius 1 is 1.42 bits per heavy atom. The Hall–Kier alpha value is -1.36. The minimum Gasteiger partial charge on any atom is -0.394 e. The highest BCUT2D eigenvalue weighted by Crippen LogP contribution is 2.34. The number of aliphatic hydroxyl groups is 1. The van der Waals surface area contributed by atoms with Crippen molar-refractivity contribution in [3.63, 3.8) is 0 Å². The van der Waals surface area contributed by atoms with E-state index < -0.39 is 0 Å². The molecule has 106 valence electrons. The van der Waals surface area contributed by atoms with Gasteiger partial charge in [-0.1, -0.05) is 19.8 Å². The Morgan fingerprint density at radius 3 is 2.89 bits per heavy atom. The Labute approximate surface area is 114 Å². The van der Waals surface area contributed by atoms with Gasteiger partial charge in [0.25, 0.3) is 0 Å². The molecule has 0 saturated heterocycles. The molecular formula is C14H24N4O. The number of nitrogens with one attached hydrogen (secondary N) is 2. The molecule has 0 spiro atoms. The van der Waals surface area contributed by atoms with Gasteiger partial charge in [-0.3, -0.25) is 0 Å². The van der Waals surface area contributed by atoms with Gasteiger partial charge in [0.05, 0.1) is 12.1 Å². The molecule has 3 N–H and O–H groups in total. The number of rotatable bonds is 5. The molecule has 5 heteroatoms. The van der Waals surface area contributed by atoms with Gasteiger partial charge in [-0.2, -0.15) is 0 Å². The van der Waals surface area contributed by atoms with E-state index in [1.165, 1.54) is 6.42 Å². The lowest BCUT2D eigenvalue weighted by Crippen LogP contribution is -2.46. The zero-order valence-corrected chi connectivity index (χ0v) is 11.8. The molecule has 19 heavy (non-hydrogen) atoms. The van der Waals surface area contributed by atoms with Gasteiger partial charge < -0.3 is 15.7 Å². The summed E-state index contributed by atoms with van der Waals surface area (Å²) in [5.74, 6) is 2.24. The molecule has 0 radical (unpaired) electrons. The maximum atomic E-state index is 9.77. The van der Waals surface area contributed by atoms with Crippen LogP contribution in [0.2, 0.25) is 0 Å². The molecule has 2 atom stereocenters. The van der Waals surface area contributed by atoms with Gasteiger partial charge in [0.2, 0.25) is 0 Å². The second-order valence-electron chi connectivity index (χ2n) is 5.58. The average Bonchev–Trinajstić information content (AvgIpc) is 2.39. The fourth-order valence-electron chi connectivity index (χ4n) is 2.93. The minimum atomic E-state index is -0.227. The van der Waals surface area contributed by atoms with Gasteiger partial charge in [0.1, 0.15) is 18.0 Å². The van der Waals surface area contributed by atoms with Crippen LogP contribution in [0.25, 0.3) is 0 Å². The van der Waals surface area contributed by atoms with Crippen molar-refractivity contribution in [2.24, 2.45) is 5.92 Å². The van der Waals surface area contributed by atoms with Gasteiger partial charge in [0, 0.05) is 12.6 Å². The largest absolute Gasteiger partial charge is 0.394 e. The maximum Gasteiger partial charge on any atom is 0.131 e. The van der Waals surface area contributed by atoms with E-state index in [0.717, 1.165) is 37.4 Å². The van der Waals surface area contributed by atoms with Crippen LogP contribution in [0.15, 0.2) is 12.4 Å². The van der Waals surface area contributed by atoms with Gasteiger partial charge in [-0.15, -0.1) is 0 Å². The lowest BCUT2D eigenvalue weighted by molar-refractivity contribution is 0.149. The Kier molecular flexibility index (Phi) is 4.58. The number of aliphatic hydroxyl groups excluding tert-OH is 1. The third kappa shape index (κ3) is 3.56. The molecule has 1 aromatic heterocycles. The van der Waals surface area contributed by atoms with E-state index in [-0.39, 0.29) is 12.1 Å². The summed E-state index contributed by atoms with van der Waals surface area (Å²) >= 11 is 0. The fourth-order valence-corrected chi connectivity index (χ4v) is 2.93. The molecule has 0 aliphatic heterocycles. The smallest absolute Gasteiger partial charge is 0.131 e. The highest BCUT2D eigenvalue weighted by Gasteiger charge is 2.34. The molecule has 0 amide bonds. The number of hydrogen-bond acceptors (Lipinski definition) is 5. The first kappa shape index (κ1) is 14.1. The summed E-state index contributed by atoms with van der Waals surface area (Å²) in [6.07, 6.45) is 5.94. The lowest BCUT2D eigenvalue weighted by atomic mass is 9.77. The van der Waals surface area contributed by atoms with Crippen molar-refractivity contribution >= 4 is 11.6 Å². The van der Waals surface area contributed by atoms with Crippen LogP contribution < -0.4 is 10.6 Å². The van der Waals surface area contributed by atoms with Crippen LogP contribution in [0.5, 0.6) is 0 Å². The molecule has 1 saturated carbocycles. The van der Waals surface area contributed by atoms with Gasteiger partial charge >= 0.3 is 0 Å². The van der Waals surface area contributed by atoms with E-state index >= 15 is 0 Å². The molecule has 2 rings (SSSR count). The fraction of sp³-hybridized carbons (Fsp3) is 0.714. The molecule has 1 aromatic rings. The predicted molar refractivity (Wildman–Crippen MR) is 77.3 cm³/mol. The second kappa shape index (κ2) is 6.19. The van der Waals surface area contributed by atoms with Crippen LogP contribution in [0.4, 0.5) is 11.6 Å². The second-order valence-corrected chi connectivity index (χ2v) is 5.58. The molecule has 5 nitrogen and oxygen atoms in total. The molecule has 0 bridgehead atoms. The molecule has 1 fully saturated rings. The molecule has 1 aliphatic carbocycles. The maximum absolute atomic E-state index is 9.77. The SMILES string of the molecule is CCNc1cc(NC2(CO)CCCC(C)C2)ncn1. The lowest BCUT2D eigenvalue weighted by Gasteiger charge is -2.39. The topological polar surface area (TPSA) is 70.1 Å². The first-order valence-corrected chi connectivity index (χ1v) is 7.12. The van der Waals surface area contributed by atoms with Crippen LogP contribution in [0.3, 0.4) is 0 Å². The third-order valence-electron chi connectivity index (χ3n) is 3.81. The Balaban J connectivity index is 2.11. The zero-order valence-electron chi connectivity index (χ0n) is 11.8. The predicted octanol–water partition coefficient (Wildman–Crippen LogP) is 2.26. The Morgan fingerprint density at radius 2 is 2.21 bits per heavy atom. The van der Waals surface area contributed by atoms with E-state index in [1.807, 2.05) is 13.0 Å². The standard InChI is InChI=1S/C14H24N4O/c1-3-15-12-7-13(17-10-16-12)18-14(9-19)6-4-5-11(2)8-14/h7,10-11,19H,3-6,8-9H2,1-2H3,(H2,15,16,17,18).